The minimum atomic E-state index is 0.0373. The molecule has 3 heteroatoms. The number of rotatable bonds is 6. The van der Waals surface area contributed by atoms with Crippen LogP contribution in [0.3, 0.4) is 0 Å². The Morgan fingerprint density at radius 2 is 2.06 bits per heavy atom. The van der Waals surface area contributed by atoms with E-state index in [1.54, 1.807) is 0 Å². The van der Waals surface area contributed by atoms with Gasteiger partial charge in [-0.05, 0) is 17.9 Å². The van der Waals surface area contributed by atoms with E-state index in [-0.39, 0.29) is 5.91 Å². The summed E-state index contributed by atoms with van der Waals surface area (Å²) in [6, 6.07) is 10.3. The van der Waals surface area contributed by atoms with Crippen molar-refractivity contribution in [2.75, 3.05) is 12.4 Å². The fourth-order valence-corrected chi connectivity index (χ4v) is 1.72. The molecule has 1 aromatic carbocycles. The average molecular weight is 240 g/mol. The third-order valence-corrected chi connectivity index (χ3v) is 2.78. The predicted molar refractivity (Wildman–Crippen MR) is 67.8 cm³/mol. The van der Waals surface area contributed by atoms with E-state index < -0.39 is 0 Å². The van der Waals surface area contributed by atoms with Crippen LogP contribution >= 0.6 is 11.6 Å². The van der Waals surface area contributed by atoms with E-state index in [9.17, 15) is 4.79 Å². The molecule has 0 saturated heterocycles. The van der Waals surface area contributed by atoms with E-state index >= 15 is 0 Å². The molecule has 0 radical (unpaired) electrons. The van der Waals surface area contributed by atoms with Crippen molar-refractivity contribution in [2.24, 2.45) is 0 Å². The summed E-state index contributed by atoms with van der Waals surface area (Å²) in [7, 11) is 0. The molecule has 1 unspecified atom stereocenters. The first-order chi connectivity index (χ1) is 7.74. The van der Waals surface area contributed by atoms with Crippen LogP contribution in [0.1, 0.15) is 31.2 Å². The van der Waals surface area contributed by atoms with Crippen molar-refractivity contribution in [2.45, 2.75) is 25.7 Å². The lowest BCUT2D eigenvalue weighted by atomic mass is 9.98. The van der Waals surface area contributed by atoms with Crippen molar-refractivity contribution in [3.63, 3.8) is 0 Å². The minimum Gasteiger partial charge on any atom is -0.356 e. The number of hydrogen-bond donors (Lipinski definition) is 1. The summed E-state index contributed by atoms with van der Waals surface area (Å²) in [5.41, 5.74) is 1.31. The molecule has 0 aliphatic carbocycles. The molecule has 1 N–H and O–H groups in total. The van der Waals surface area contributed by atoms with E-state index in [0.717, 1.165) is 6.42 Å². The van der Waals surface area contributed by atoms with Gasteiger partial charge in [-0.1, -0.05) is 37.3 Å². The Morgan fingerprint density at radius 1 is 1.38 bits per heavy atom. The van der Waals surface area contributed by atoms with Gasteiger partial charge in [0, 0.05) is 18.8 Å². The molecule has 0 fully saturated rings. The van der Waals surface area contributed by atoms with Gasteiger partial charge in [0.1, 0.15) is 0 Å². The van der Waals surface area contributed by atoms with Gasteiger partial charge in [-0.15, -0.1) is 11.6 Å². The van der Waals surface area contributed by atoms with Crippen LogP contribution in [0.4, 0.5) is 0 Å². The lowest BCUT2D eigenvalue weighted by molar-refractivity contribution is -0.120. The Hall–Kier alpha value is -1.02. The number of amides is 1. The number of carbonyl (C=O) groups excluding carboxylic acids is 1. The molecular formula is C13H18ClNO. The summed E-state index contributed by atoms with van der Waals surface area (Å²) in [5.74, 6) is 0.896. The highest BCUT2D eigenvalue weighted by atomic mass is 35.5. The van der Waals surface area contributed by atoms with Crippen LogP contribution in [0.25, 0.3) is 0 Å². The molecule has 16 heavy (non-hydrogen) atoms. The normalized spacial score (nSPS) is 12.1. The summed E-state index contributed by atoms with van der Waals surface area (Å²) in [6.07, 6.45) is 1.36. The van der Waals surface area contributed by atoms with Crippen LogP contribution in [-0.4, -0.2) is 18.3 Å². The number of nitrogens with one attached hydrogen (secondary N) is 1. The molecule has 0 spiro atoms. The molecule has 1 amide bonds. The van der Waals surface area contributed by atoms with E-state index in [4.69, 9.17) is 11.6 Å². The van der Waals surface area contributed by atoms with Crippen LogP contribution in [0, 0.1) is 0 Å². The van der Waals surface area contributed by atoms with Crippen LogP contribution in [-0.2, 0) is 4.79 Å². The molecule has 2 nitrogen and oxygen atoms in total. The summed E-state index contributed by atoms with van der Waals surface area (Å²) in [6.45, 7) is 2.88. The summed E-state index contributed by atoms with van der Waals surface area (Å²) in [5, 5.41) is 2.86. The smallest absolute Gasteiger partial charge is 0.221 e. The standard InChI is InChI=1S/C13H18ClNO/c1-11(12-5-3-2-4-6-12)8-10-15-13(16)7-9-14/h2-6,11H,7-10H2,1H3,(H,15,16). The van der Waals surface area contributed by atoms with Crippen molar-refractivity contribution < 1.29 is 4.79 Å². The Kier molecular flexibility index (Phi) is 5.94. The maximum atomic E-state index is 11.2. The first-order valence-corrected chi connectivity index (χ1v) is 6.15. The fourth-order valence-electron chi connectivity index (χ4n) is 1.55. The molecule has 1 aromatic rings. The largest absolute Gasteiger partial charge is 0.356 e. The van der Waals surface area contributed by atoms with E-state index in [2.05, 4.69) is 24.4 Å². The Labute approximate surface area is 102 Å². The molecule has 0 aliphatic heterocycles. The van der Waals surface area contributed by atoms with Crippen LogP contribution in [0.15, 0.2) is 30.3 Å². The minimum absolute atomic E-state index is 0.0373. The highest BCUT2D eigenvalue weighted by Crippen LogP contribution is 2.17. The van der Waals surface area contributed by atoms with Gasteiger partial charge in [-0.25, -0.2) is 0 Å². The lowest BCUT2D eigenvalue weighted by Gasteiger charge is -2.12. The van der Waals surface area contributed by atoms with Gasteiger partial charge in [0.2, 0.25) is 5.91 Å². The van der Waals surface area contributed by atoms with Gasteiger partial charge in [0.25, 0.3) is 0 Å². The second-order valence-electron chi connectivity index (χ2n) is 3.89. The third-order valence-electron chi connectivity index (χ3n) is 2.59. The summed E-state index contributed by atoms with van der Waals surface area (Å²) >= 11 is 5.47. The lowest BCUT2D eigenvalue weighted by Crippen LogP contribution is -2.25. The quantitative estimate of drug-likeness (QED) is 0.760. The number of hydrogen-bond acceptors (Lipinski definition) is 1. The maximum absolute atomic E-state index is 11.2. The number of benzene rings is 1. The van der Waals surface area contributed by atoms with Crippen molar-refractivity contribution in [3.05, 3.63) is 35.9 Å². The topological polar surface area (TPSA) is 29.1 Å². The Bertz CT molecular complexity index is 313. The molecule has 0 aromatic heterocycles. The van der Waals surface area contributed by atoms with Gasteiger partial charge >= 0.3 is 0 Å². The molecule has 0 heterocycles. The molecule has 0 saturated carbocycles. The van der Waals surface area contributed by atoms with Gasteiger partial charge in [-0.3, -0.25) is 4.79 Å². The zero-order valence-electron chi connectivity index (χ0n) is 9.58. The first-order valence-electron chi connectivity index (χ1n) is 5.61. The second-order valence-corrected chi connectivity index (χ2v) is 4.27. The van der Waals surface area contributed by atoms with Crippen LogP contribution in [0.2, 0.25) is 0 Å². The van der Waals surface area contributed by atoms with Gasteiger partial charge in [0.05, 0.1) is 0 Å². The summed E-state index contributed by atoms with van der Waals surface area (Å²) in [4.78, 5) is 11.2. The molecular weight excluding hydrogens is 222 g/mol. The zero-order chi connectivity index (χ0) is 11.8. The molecule has 1 atom stereocenters. The average Bonchev–Trinajstić information content (AvgIpc) is 2.30. The maximum Gasteiger partial charge on any atom is 0.221 e. The molecule has 0 aliphatic rings. The number of carbonyl (C=O) groups is 1. The zero-order valence-corrected chi connectivity index (χ0v) is 10.3. The first kappa shape index (κ1) is 13.0. The van der Waals surface area contributed by atoms with Gasteiger partial charge in [-0.2, -0.15) is 0 Å². The van der Waals surface area contributed by atoms with Gasteiger partial charge in [0.15, 0.2) is 0 Å². The highest BCUT2D eigenvalue weighted by Gasteiger charge is 2.05. The van der Waals surface area contributed by atoms with Crippen molar-refractivity contribution in [1.29, 1.82) is 0 Å². The van der Waals surface area contributed by atoms with E-state index in [1.165, 1.54) is 5.56 Å². The second kappa shape index (κ2) is 7.29. The van der Waals surface area contributed by atoms with Gasteiger partial charge < -0.3 is 5.32 Å². The van der Waals surface area contributed by atoms with Crippen LogP contribution < -0.4 is 5.32 Å². The van der Waals surface area contributed by atoms with Crippen molar-refractivity contribution in [3.8, 4) is 0 Å². The molecule has 1 rings (SSSR count). The predicted octanol–water partition coefficient (Wildman–Crippen LogP) is 2.93. The Morgan fingerprint density at radius 3 is 2.69 bits per heavy atom. The van der Waals surface area contributed by atoms with Crippen molar-refractivity contribution in [1.82, 2.24) is 5.32 Å². The fraction of sp³-hybridized carbons (Fsp3) is 0.462. The number of halogens is 1. The monoisotopic (exact) mass is 239 g/mol. The summed E-state index contributed by atoms with van der Waals surface area (Å²) < 4.78 is 0. The molecule has 0 bridgehead atoms. The van der Waals surface area contributed by atoms with Crippen molar-refractivity contribution >= 4 is 17.5 Å². The number of alkyl halides is 1. The Balaban J connectivity index is 2.26. The van der Waals surface area contributed by atoms with E-state index in [1.807, 2.05) is 18.2 Å². The highest BCUT2D eigenvalue weighted by molar-refractivity contribution is 6.18. The SMILES string of the molecule is CC(CCNC(=O)CCCl)c1ccccc1. The van der Waals surface area contributed by atoms with E-state index in [0.29, 0.717) is 24.8 Å². The van der Waals surface area contributed by atoms with Crippen LogP contribution in [0.5, 0.6) is 0 Å². The third kappa shape index (κ3) is 4.67. The molecule has 88 valence electrons.